The van der Waals surface area contributed by atoms with Crippen molar-refractivity contribution >= 4 is 5.57 Å². The molecule has 1 unspecified atom stereocenters. The molecule has 86 valence electrons. The summed E-state index contributed by atoms with van der Waals surface area (Å²) >= 11 is 0. The SMILES string of the molecule is OC1C=C(c2cccc(F)c2F)CCCC1. The lowest BCUT2D eigenvalue weighted by molar-refractivity contribution is 0.211. The minimum Gasteiger partial charge on any atom is -0.389 e. The van der Waals surface area contributed by atoms with Gasteiger partial charge in [-0.15, -0.1) is 0 Å². The first-order valence-corrected chi connectivity index (χ1v) is 5.51. The van der Waals surface area contributed by atoms with Crippen LogP contribution in [0.25, 0.3) is 5.57 Å². The quantitative estimate of drug-likeness (QED) is 0.776. The van der Waals surface area contributed by atoms with E-state index in [4.69, 9.17) is 0 Å². The van der Waals surface area contributed by atoms with Crippen LogP contribution in [0.4, 0.5) is 8.78 Å². The van der Waals surface area contributed by atoms with Gasteiger partial charge in [0, 0.05) is 5.56 Å². The fourth-order valence-electron chi connectivity index (χ4n) is 2.04. The molecule has 1 nitrogen and oxygen atoms in total. The van der Waals surface area contributed by atoms with Crippen LogP contribution >= 0.6 is 0 Å². The summed E-state index contributed by atoms with van der Waals surface area (Å²) in [6.45, 7) is 0. The van der Waals surface area contributed by atoms with Gasteiger partial charge in [-0.3, -0.25) is 0 Å². The number of aliphatic hydroxyl groups is 1. The molecular formula is C13H14F2O. The molecule has 0 saturated heterocycles. The molecule has 1 atom stereocenters. The highest BCUT2D eigenvalue weighted by Crippen LogP contribution is 2.28. The molecule has 3 heteroatoms. The van der Waals surface area contributed by atoms with Gasteiger partial charge < -0.3 is 5.11 Å². The molecule has 0 aromatic heterocycles. The van der Waals surface area contributed by atoms with Crippen LogP contribution in [-0.2, 0) is 0 Å². The van der Waals surface area contributed by atoms with Crippen molar-refractivity contribution < 1.29 is 13.9 Å². The minimum atomic E-state index is -0.836. The third kappa shape index (κ3) is 2.30. The van der Waals surface area contributed by atoms with E-state index >= 15 is 0 Å². The van der Waals surface area contributed by atoms with E-state index in [0.717, 1.165) is 18.9 Å². The van der Waals surface area contributed by atoms with Gasteiger partial charge in [-0.05, 0) is 30.9 Å². The van der Waals surface area contributed by atoms with Crippen molar-refractivity contribution in [2.75, 3.05) is 0 Å². The van der Waals surface area contributed by atoms with Crippen LogP contribution in [0.1, 0.15) is 31.2 Å². The molecule has 0 aliphatic heterocycles. The second kappa shape index (κ2) is 4.74. The summed E-state index contributed by atoms with van der Waals surface area (Å²) in [5.74, 6) is -1.65. The molecule has 1 aliphatic carbocycles. The summed E-state index contributed by atoms with van der Waals surface area (Å²) in [5.41, 5.74) is 0.989. The van der Waals surface area contributed by atoms with Crippen LogP contribution in [0.5, 0.6) is 0 Å². The third-order valence-corrected chi connectivity index (χ3v) is 2.89. The fraction of sp³-hybridized carbons (Fsp3) is 0.385. The second-order valence-corrected chi connectivity index (χ2v) is 4.11. The summed E-state index contributed by atoms with van der Waals surface area (Å²) in [7, 11) is 0. The molecule has 0 saturated carbocycles. The monoisotopic (exact) mass is 224 g/mol. The van der Waals surface area contributed by atoms with Crippen molar-refractivity contribution in [1.82, 2.24) is 0 Å². The maximum absolute atomic E-state index is 13.5. The Labute approximate surface area is 93.4 Å². The number of hydrogen-bond acceptors (Lipinski definition) is 1. The zero-order chi connectivity index (χ0) is 11.5. The van der Waals surface area contributed by atoms with Gasteiger partial charge in [0.05, 0.1) is 6.10 Å². The first-order valence-electron chi connectivity index (χ1n) is 5.51. The average Bonchev–Trinajstić information content (AvgIpc) is 2.47. The zero-order valence-corrected chi connectivity index (χ0v) is 8.92. The Morgan fingerprint density at radius 3 is 2.81 bits per heavy atom. The molecule has 1 N–H and O–H groups in total. The van der Waals surface area contributed by atoms with Gasteiger partial charge in [-0.25, -0.2) is 8.78 Å². The Morgan fingerprint density at radius 1 is 1.19 bits per heavy atom. The number of aliphatic hydroxyl groups excluding tert-OH is 1. The molecule has 1 aromatic rings. The van der Waals surface area contributed by atoms with Crippen LogP contribution in [0.15, 0.2) is 24.3 Å². The summed E-state index contributed by atoms with van der Waals surface area (Å²) in [6.07, 6.45) is 4.31. The molecule has 1 aliphatic rings. The molecule has 0 radical (unpaired) electrons. The van der Waals surface area contributed by atoms with Crippen molar-refractivity contribution in [2.45, 2.75) is 31.8 Å². The topological polar surface area (TPSA) is 20.2 Å². The Balaban J connectivity index is 2.38. The minimum absolute atomic E-state index is 0.279. The van der Waals surface area contributed by atoms with E-state index in [9.17, 15) is 13.9 Å². The molecule has 0 bridgehead atoms. The van der Waals surface area contributed by atoms with E-state index in [1.807, 2.05) is 0 Å². The van der Waals surface area contributed by atoms with Crippen molar-refractivity contribution in [3.63, 3.8) is 0 Å². The van der Waals surface area contributed by atoms with Gasteiger partial charge in [-0.1, -0.05) is 24.6 Å². The molecule has 0 heterocycles. The maximum atomic E-state index is 13.5. The van der Waals surface area contributed by atoms with Gasteiger partial charge >= 0.3 is 0 Å². The van der Waals surface area contributed by atoms with Crippen molar-refractivity contribution in [3.8, 4) is 0 Å². The van der Waals surface area contributed by atoms with Crippen molar-refractivity contribution in [3.05, 3.63) is 41.5 Å². The summed E-state index contributed by atoms with van der Waals surface area (Å²) in [4.78, 5) is 0. The van der Waals surface area contributed by atoms with Crippen LogP contribution < -0.4 is 0 Å². The van der Waals surface area contributed by atoms with Gasteiger partial charge in [-0.2, -0.15) is 0 Å². The zero-order valence-electron chi connectivity index (χ0n) is 8.92. The first-order chi connectivity index (χ1) is 7.68. The van der Waals surface area contributed by atoms with Crippen molar-refractivity contribution in [2.24, 2.45) is 0 Å². The molecule has 0 spiro atoms. The average molecular weight is 224 g/mol. The number of benzene rings is 1. The smallest absolute Gasteiger partial charge is 0.166 e. The Morgan fingerprint density at radius 2 is 2.00 bits per heavy atom. The Bertz CT molecular complexity index is 412. The molecule has 0 fully saturated rings. The van der Waals surface area contributed by atoms with Crippen molar-refractivity contribution in [1.29, 1.82) is 0 Å². The van der Waals surface area contributed by atoms with E-state index in [2.05, 4.69) is 0 Å². The highest BCUT2D eigenvalue weighted by molar-refractivity contribution is 5.66. The maximum Gasteiger partial charge on any atom is 0.166 e. The fourth-order valence-corrected chi connectivity index (χ4v) is 2.04. The lowest BCUT2D eigenvalue weighted by Crippen LogP contribution is -2.01. The summed E-state index contributed by atoms with van der Waals surface area (Å²) in [6, 6.07) is 4.15. The second-order valence-electron chi connectivity index (χ2n) is 4.11. The molecule has 1 aromatic carbocycles. The van der Waals surface area contributed by atoms with Crippen LogP contribution in [0.3, 0.4) is 0 Å². The van der Waals surface area contributed by atoms with Crippen LogP contribution in [-0.4, -0.2) is 11.2 Å². The van der Waals surface area contributed by atoms with E-state index in [0.29, 0.717) is 18.4 Å². The Hall–Kier alpha value is -1.22. The van der Waals surface area contributed by atoms with E-state index < -0.39 is 17.7 Å². The van der Waals surface area contributed by atoms with Crippen LogP contribution in [0, 0.1) is 11.6 Å². The first kappa shape index (κ1) is 11.3. The highest BCUT2D eigenvalue weighted by Gasteiger charge is 2.15. The number of hydrogen-bond donors (Lipinski definition) is 1. The highest BCUT2D eigenvalue weighted by atomic mass is 19.2. The molecule has 16 heavy (non-hydrogen) atoms. The number of rotatable bonds is 1. The predicted molar refractivity (Wildman–Crippen MR) is 58.8 cm³/mol. The van der Waals surface area contributed by atoms with Gasteiger partial charge in [0.15, 0.2) is 11.6 Å². The van der Waals surface area contributed by atoms with E-state index in [1.54, 1.807) is 12.1 Å². The lowest BCUT2D eigenvalue weighted by Gasteiger charge is -2.08. The summed E-state index contributed by atoms with van der Waals surface area (Å²) in [5, 5.41) is 9.59. The van der Waals surface area contributed by atoms with Gasteiger partial charge in [0.1, 0.15) is 0 Å². The largest absolute Gasteiger partial charge is 0.389 e. The van der Waals surface area contributed by atoms with Gasteiger partial charge in [0.25, 0.3) is 0 Å². The molecule has 2 rings (SSSR count). The van der Waals surface area contributed by atoms with E-state index in [-0.39, 0.29) is 5.56 Å². The lowest BCUT2D eigenvalue weighted by atomic mass is 10.0. The number of allylic oxidation sites excluding steroid dienone is 1. The predicted octanol–water partition coefficient (Wildman–Crippen LogP) is 3.28. The Kier molecular flexibility index (Phi) is 3.34. The summed E-state index contributed by atoms with van der Waals surface area (Å²) < 4.78 is 26.6. The number of halogens is 2. The van der Waals surface area contributed by atoms with Gasteiger partial charge in [0.2, 0.25) is 0 Å². The van der Waals surface area contributed by atoms with E-state index in [1.165, 1.54) is 6.07 Å². The van der Waals surface area contributed by atoms with Crippen LogP contribution in [0.2, 0.25) is 0 Å². The normalized spacial score (nSPS) is 21.4. The third-order valence-electron chi connectivity index (χ3n) is 2.89. The molecule has 0 amide bonds. The molecular weight excluding hydrogens is 210 g/mol. The standard InChI is InChI=1S/C13H14F2O/c14-12-7-3-6-11(13(12)15)9-4-1-2-5-10(16)8-9/h3,6-8,10,16H,1-2,4-5H2.